The molecule has 1 aliphatic carbocycles. The molecule has 1 unspecified atom stereocenters. The Morgan fingerprint density at radius 1 is 1.18 bits per heavy atom. The molecule has 2 aromatic rings. The molecule has 3 N–H and O–H groups in total. The number of nitrogens with zero attached hydrogens (tertiary/aromatic N) is 4. The summed E-state index contributed by atoms with van der Waals surface area (Å²) in [5.74, 6) is 1.07. The minimum Gasteiger partial charge on any atom is -0.393 e. The molecule has 1 aliphatic heterocycles. The van der Waals surface area contributed by atoms with Crippen LogP contribution in [0.1, 0.15) is 45.4 Å². The maximum atomic E-state index is 13.7. The topological polar surface area (TPSA) is 95.4 Å². The number of aromatic nitrogens is 3. The SMILES string of the molecule is CC[C@H](F)CNc1ncc(-c2ccc(N(C)C3CCOC3)cn2)c(N[C@H]2CC[C@H](O)CC2)n1. The zero-order chi connectivity index (χ0) is 23.2. The summed E-state index contributed by atoms with van der Waals surface area (Å²) < 4.78 is 19.2. The van der Waals surface area contributed by atoms with Gasteiger partial charge in [-0.3, -0.25) is 4.98 Å². The van der Waals surface area contributed by atoms with Crippen molar-refractivity contribution in [2.45, 2.75) is 69.8 Å². The van der Waals surface area contributed by atoms with Crippen LogP contribution in [0.25, 0.3) is 11.3 Å². The van der Waals surface area contributed by atoms with Crippen molar-refractivity contribution in [1.29, 1.82) is 0 Å². The van der Waals surface area contributed by atoms with Crippen LogP contribution in [0.5, 0.6) is 0 Å². The molecule has 0 amide bonds. The van der Waals surface area contributed by atoms with Crippen molar-refractivity contribution in [1.82, 2.24) is 15.0 Å². The van der Waals surface area contributed by atoms with E-state index >= 15 is 0 Å². The smallest absolute Gasteiger partial charge is 0.224 e. The van der Waals surface area contributed by atoms with Gasteiger partial charge in [-0.25, -0.2) is 9.37 Å². The fourth-order valence-electron chi connectivity index (χ4n) is 4.32. The Bertz CT molecular complexity index is 885. The number of hydrogen-bond acceptors (Lipinski definition) is 8. The lowest BCUT2D eigenvalue weighted by atomic mass is 9.93. The van der Waals surface area contributed by atoms with E-state index in [-0.39, 0.29) is 18.7 Å². The molecule has 3 heterocycles. The minimum absolute atomic E-state index is 0.176. The molecule has 180 valence electrons. The first-order valence-electron chi connectivity index (χ1n) is 12.0. The first kappa shape index (κ1) is 23.6. The number of hydrogen-bond donors (Lipinski definition) is 3. The molecule has 4 rings (SSSR count). The second-order valence-corrected chi connectivity index (χ2v) is 9.02. The molecule has 1 saturated heterocycles. The molecule has 0 bridgehead atoms. The summed E-state index contributed by atoms with van der Waals surface area (Å²) in [6, 6.07) is 4.63. The van der Waals surface area contributed by atoms with Gasteiger partial charge in [-0.15, -0.1) is 0 Å². The van der Waals surface area contributed by atoms with Crippen LogP contribution in [0.15, 0.2) is 24.5 Å². The van der Waals surface area contributed by atoms with Gasteiger partial charge in [0.1, 0.15) is 12.0 Å². The van der Waals surface area contributed by atoms with Crippen molar-refractivity contribution in [3.05, 3.63) is 24.5 Å². The van der Waals surface area contributed by atoms with E-state index in [2.05, 4.69) is 38.6 Å². The fraction of sp³-hybridized carbons (Fsp3) is 0.625. The molecule has 8 nitrogen and oxygen atoms in total. The molecule has 33 heavy (non-hydrogen) atoms. The largest absolute Gasteiger partial charge is 0.393 e. The van der Waals surface area contributed by atoms with E-state index < -0.39 is 6.17 Å². The minimum atomic E-state index is -0.944. The number of nitrogens with one attached hydrogen (secondary N) is 2. The lowest BCUT2D eigenvalue weighted by molar-refractivity contribution is 0.126. The van der Waals surface area contributed by atoms with Gasteiger partial charge < -0.3 is 25.4 Å². The van der Waals surface area contributed by atoms with Crippen LogP contribution in [0.2, 0.25) is 0 Å². The highest BCUT2D eigenvalue weighted by molar-refractivity contribution is 5.73. The number of halogens is 1. The zero-order valence-corrected chi connectivity index (χ0v) is 19.5. The first-order chi connectivity index (χ1) is 16.0. The van der Waals surface area contributed by atoms with Gasteiger partial charge in [-0.1, -0.05) is 6.92 Å². The van der Waals surface area contributed by atoms with Gasteiger partial charge in [-0.2, -0.15) is 4.98 Å². The number of rotatable bonds is 9. The number of likely N-dealkylation sites (N-methyl/N-ethyl adjacent to an activating group) is 1. The number of pyridine rings is 1. The van der Waals surface area contributed by atoms with Gasteiger partial charge in [0.15, 0.2) is 0 Å². The molecular formula is C24H35FN6O2. The molecule has 2 atom stereocenters. The predicted molar refractivity (Wildman–Crippen MR) is 128 cm³/mol. The van der Waals surface area contributed by atoms with E-state index in [0.29, 0.717) is 24.2 Å². The lowest BCUT2D eigenvalue weighted by Gasteiger charge is -2.27. The number of ether oxygens (including phenoxy) is 1. The van der Waals surface area contributed by atoms with E-state index in [4.69, 9.17) is 9.72 Å². The van der Waals surface area contributed by atoms with Crippen molar-refractivity contribution in [3.8, 4) is 11.3 Å². The highest BCUT2D eigenvalue weighted by atomic mass is 19.1. The van der Waals surface area contributed by atoms with Crippen LogP contribution >= 0.6 is 0 Å². The fourth-order valence-corrected chi connectivity index (χ4v) is 4.32. The summed E-state index contributed by atoms with van der Waals surface area (Å²) in [7, 11) is 2.07. The number of anilines is 3. The Morgan fingerprint density at radius 2 is 2.00 bits per heavy atom. The van der Waals surface area contributed by atoms with Crippen LogP contribution in [0.3, 0.4) is 0 Å². The van der Waals surface area contributed by atoms with Crippen molar-refractivity contribution in [2.24, 2.45) is 0 Å². The van der Waals surface area contributed by atoms with E-state index in [1.165, 1.54) is 0 Å². The molecular weight excluding hydrogens is 423 g/mol. The van der Waals surface area contributed by atoms with Gasteiger partial charge in [-0.05, 0) is 50.7 Å². The van der Waals surface area contributed by atoms with Crippen molar-refractivity contribution in [2.75, 3.05) is 42.3 Å². The molecule has 0 aromatic carbocycles. The van der Waals surface area contributed by atoms with Gasteiger partial charge in [0.2, 0.25) is 5.95 Å². The molecule has 0 spiro atoms. The van der Waals surface area contributed by atoms with Crippen LogP contribution in [-0.2, 0) is 4.74 Å². The summed E-state index contributed by atoms with van der Waals surface area (Å²) in [4.78, 5) is 16.0. The Balaban J connectivity index is 1.54. The standard InChI is InChI=1S/C24H35FN6O2/c1-3-16(25)12-27-24-28-14-21(23(30-24)29-17-4-7-20(32)8-5-17)22-9-6-18(13-26-22)31(2)19-10-11-33-15-19/h6,9,13-14,16-17,19-20,32H,3-5,7-8,10-12,15H2,1-2H3,(H2,27,28,29,30)/t16-,17-,19?,20-/m0/s1. The highest BCUT2D eigenvalue weighted by Gasteiger charge is 2.23. The summed E-state index contributed by atoms with van der Waals surface area (Å²) in [5, 5.41) is 16.4. The summed E-state index contributed by atoms with van der Waals surface area (Å²) in [5.41, 5.74) is 2.62. The van der Waals surface area contributed by atoms with Crippen molar-refractivity contribution >= 4 is 17.5 Å². The van der Waals surface area contributed by atoms with Gasteiger partial charge in [0, 0.05) is 32.4 Å². The van der Waals surface area contributed by atoms with E-state index in [1.807, 2.05) is 19.2 Å². The normalized spacial score (nSPS) is 23.8. The number of aliphatic hydroxyl groups excluding tert-OH is 1. The molecule has 0 radical (unpaired) electrons. The van der Waals surface area contributed by atoms with Crippen LogP contribution in [0, 0.1) is 0 Å². The third kappa shape index (κ3) is 6.09. The van der Waals surface area contributed by atoms with E-state index in [0.717, 1.165) is 62.3 Å². The Morgan fingerprint density at radius 3 is 2.67 bits per heavy atom. The van der Waals surface area contributed by atoms with E-state index in [9.17, 15) is 9.50 Å². The molecule has 9 heteroatoms. The second-order valence-electron chi connectivity index (χ2n) is 9.02. The zero-order valence-electron chi connectivity index (χ0n) is 19.5. The quantitative estimate of drug-likeness (QED) is 0.524. The summed E-state index contributed by atoms with van der Waals surface area (Å²) >= 11 is 0. The van der Waals surface area contributed by atoms with Gasteiger partial charge in [0.25, 0.3) is 0 Å². The third-order valence-electron chi connectivity index (χ3n) is 6.64. The molecule has 2 aliphatic rings. The summed E-state index contributed by atoms with van der Waals surface area (Å²) in [6.07, 6.45) is 7.19. The Kier molecular flexibility index (Phi) is 7.93. The van der Waals surface area contributed by atoms with E-state index in [1.54, 1.807) is 6.20 Å². The van der Waals surface area contributed by atoms with Gasteiger partial charge in [0.05, 0.1) is 41.9 Å². The second kappa shape index (κ2) is 11.1. The monoisotopic (exact) mass is 458 g/mol. The Labute approximate surface area is 195 Å². The first-order valence-corrected chi connectivity index (χ1v) is 12.0. The molecule has 1 saturated carbocycles. The summed E-state index contributed by atoms with van der Waals surface area (Å²) in [6.45, 7) is 3.53. The van der Waals surface area contributed by atoms with Gasteiger partial charge >= 0.3 is 0 Å². The average Bonchev–Trinajstić information content (AvgIpc) is 3.39. The van der Waals surface area contributed by atoms with Crippen LogP contribution in [-0.4, -0.2) is 71.2 Å². The maximum absolute atomic E-state index is 13.7. The average molecular weight is 459 g/mol. The van der Waals surface area contributed by atoms with Crippen LogP contribution in [0.4, 0.5) is 21.8 Å². The van der Waals surface area contributed by atoms with Crippen LogP contribution < -0.4 is 15.5 Å². The highest BCUT2D eigenvalue weighted by Crippen LogP contribution is 2.30. The Hall–Kier alpha value is -2.52. The molecule has 2 fully saturated rings. The maximum Gasteiger partial charge on any atom is 0.224 e. The van der Waals surface area contributed by atoms with Crippen molar-refractivity contribution in [3.63, 3.8) is 0 Å². The number of alkyl halides is 1. The lowest BCUT2D eigenvalue weighted by Crippen LogP contribution is -2.31. The number of aliphatic hydroxyl groups is 1. The van der Waals surface area contributed by atoms with Crippen molar-refractivity contribution < 1.29 is 14.2 Å². The predicted octanol–water partition coefficient (Wildman–Crippen LogP) is 3.64. The molecule has 2 aromatic heterocycles. The third-order valence-corrected chi connectivity index (χ3v) is 6.64.